The van der Waals surface area contributed by atoms with Gasteiger partial charge in [-0.2, -0.15) is 0 Å². The summed E-state index contributed by atoms with van der Waals surface area (Å²) in [5.41, 5.74) is 2.54. The molecule has 0 aromatic heterocycles. The minimum absolute atomic E-state index is 0.914. The van der Waals surface area contributed by atoms with Gasteiger partial charge in [-0.3, -0.25) is 0 Å². The molecule has 0 nitrogen and oxygen atoms in total. The van der Waals surface area contributed by atoms with Crippen molar-refractivity contribution in [1.29, 1.82) is 0 Å². The van der Waals surface area contributed by atoms with Crippen molar-refractivity contribution in [2.75, 3.05) is 5.33 Å². The van der Waals surface area contributed by atoms with Gasteiger partial charge in [-0.1, -0.05) is 53.2 Å². The van der Waals surface area contributed by atoms with Gasteiger partial charge >= 0.3 is 0 Å². The van der Waals surface area contributed by atoms with Crippen molar-refractivity contribution in [2.45, 2.75) is 32.6 Å². The molecule has 80 valence electrons. The van der Waals surface area contributed by atoms with Gasteiger partial charge in [0.15, 0.2) is 0 Å². The van der Waals surface area contributed by atoms with Gasteiger partial charge in [0.2, 0.25) is 0 Å². The minimum Gasteiger partial charge on any atom is -0.0970 e. The summed E-state index contributed by atoms with van der Waals surface area (Å²) in [5, 5.41) is 0.953. The average Bonchev–Trinajstić information content (AvgIpc) is 2.28. The second-order valence-electron chi connectivity index (χ2n) is 3.54. The summed E-state index contributed by atoms with van der Waals surface area (Å²) in [6.45, 7) is 2.22. The van der Waals surface area contributed by atoms with E-state index in [2.05, 4.69) is 59.0 Å². The fourth-order valence-electron chi connectivity index (χ4n) is 1.35. The number of benzene rings is 1. The zero-order chi connectivity index (χ0) is 10.9. The van der Waals surface area contributed by atoms with E-state index >= 15 is 0 Å². The van der Waals surface area contributed by atoms with Crippen LogP contribution in [0.5, 0.6) is 0 Å². The average molecular weight is 265 g/mol. The van der Waals surface area contributed by atoms with E-state index in [1.807, 2.05) is 0 Å². The molecule has 0 spiro atoms. The Hall–Kier alpha value is -0.740. The zero-order valence-electron chi connectivity index (χ0n) is 9.22. The van der Waals surface area contributed by atoms with Gasteiger partial charge in [-0.05, 0) is 30.5 Å². The van der Waals surface area contributed by atoms with Crippen LogP contribution in [0.4, 0.5) is 0 Å². The van der Waals surface area contributed by atoms with E-state index in [1.165, 1.54) is 24.8 Å². The van der Waals surface area contributed by atoms with Gasteiger partial charge < -0.3 is 0 Å². The predicted octanol–water partition coefficient (Wildman–Crippen LogP) is 4.17. The van der Waals surface area contributed by atoms with Gasteiger partial charge in [0, 0.05) is 17.3 Å². The first kappa shape index (κ1) is 12.3. The van der Waals surface area contributed by atoms with E-state index in [0.29, 0.717) is 0 Å². The Morgan fingerprint density at radius 2 is 1.93 bits per heavy atom. The lowest BCUT2D eigenvalue weighted by Crippen LogP contribution is -1.84. The standard InChI is InChI=1S/C14H17Br/c1-2-3-6-13-8-10-14(11-9-13)7-4-5-12-15/h8-11H,2-3,5-6,12H2,1H3. The molecule has 0 bridgehead atoms. The monoisotopic (exact) mass is 264 g/mol. The number of aryl methyl sites for hydroxylation is 1. The molecule has 0 aliphatic carbocycles. The second kappa shape index (κ2) is 7.54. The molecule has 0 saturated heterocycles. The molecule has 0 saturated carbocycles. The first-order chi connectivity index (χ1) is 7.36. The Balaban J connectivity index is 2.53. The third-order valence-electron chi connectivity index (χ3n) is 2.23. The normalized spacial score (nSPS) is 9.47. The van der Waals surface area contributed by atoms with Crippen LogP contribution < -0.4 is 0 Å². The molecule has 1 heteroatoms. The molecule has 1 aromatic rings. The smallest absolute Gasteiger partial charge is 0.0245 e. The van der Waals surface area contributed by atoms with E-state index < -0.39 is 0 Å². The SMILES string of the molecule is CCCCc1ccc(C#CCCBr)cc1. The molecule has 0 amide bonds. The molecule has 0 atom stereocenters. The van der Waals surface area contributed by atoms with Crippen molar-refractivity contribution in [2.24, 2.45) is 0 Å². The van der Waals surface area contributed by atoms with E-state index in [4.69, 9.17) is 0 Å². The maximum atomic E-state index is 3.36. The highest BCUT2D eigenvalue weighted by molar-refractivity contribution is 9.09. The maximum Gasteiger partial charge on any atom is 0.0245 e. The third kappa shape index (κ3) is 5.04. The van der Waals surface area contributed by atoms with Crippen LogP contribution >= 0.6 is 15.9 Å². The summed E-state index contributed by atoms with van der Waals surface area (Å²) < 4.78 is 0. The number of alkyl halides is 1. The molecule has 0 radical (unpaired) electrons. The van der Waals surface area contributed by atoms with E-state index in [1.54, 1.807) is 0 Å². The topological polar surface area (TPSA) is 0 Å². The van der Waals surface area contributed by atoms with E-state index in [0.717, 1.165) is 17.3 Å². The Morgan fingerprint density at radius 3 is 2.53 bits per heavy atom. The van der Waals surface area contributed by atoms with Crippen LogP contribution in [0, 0.1) is 11.8 Å². The Labute approximate surface area is 101 Å². The minimum atomic E-state index is 0.914. The fourth-order valence-corrected chi connectivity index (χ4v) is 1.55. The lowest BCUT2D eigenvalue weighted by atomic mass is 10.1. The summed E-state index contributed by atoms with van der Waals surface area (Å²) >= 11 is 3.36. The molecule has 1 aromatic carbocycles. The second-order valence-corrected chi connectivity index (χ2v) is 4.33. The van der Waals surface area contributed by atoms with Crippen molar-refractivity contribution in [1.82, 2.24) is 0 Å². The Bertz CT molecular complexity index is 327. The molecule has 0 unspecified atom stereocenters. The van der Waals surface area contributed by atoms with E-state index in [-0.39, 0.29) is 0 Å². The summed E-state index contributed by atoms with van der Waals surface area (Å²) in [4.78, 5) is 0. The molecule has 0 heterocycles. The first-order valence-electron chi connectivity index (χ1n) is 5.50. The van der Waals surface area contributed by atoms with Crippen LogP contribution in [0.1, 0.15) is 37.3 Å². The van der Waals surface area contributed by atoms with Gasteiger partial charge in [-0.25, -0.2) is 0 Å². The summed E-state index contributed by atoms with van der Waals surface area (Å²) in [6, 6.07) is 8.61. The molecule has 0 aliphatic heterocycles. The summed E-state index contributed by atoms with van der Waals surface area (Å²) in [7, 11) is 0. The zero-order valence-corrected chi connectivity index (χ0v) is 10.8. The molecular weight excluding hydrogens is 248 g/mol. The Morgan fingerprint density at radius 1 is 1.20 bits per heavy atom. The quantitative estimate of drug-likeness (QED) is 0.566. The lowest BCUT2D eigenvalue weighted by molar-refractivity contribution is 0.795. The van der Waals surface area contributed by atoms with Gasteiger partial charge in [-0.15, -0.1) is 0 Å². The number of hydrogen-bond donors (Lipinski definition) is 0. The highest BCUT2D eigenvalue weighted by atomic mass is 79.9. The highest BCUT2D eigenvalue weighted by Gasteiger charge is 1.91. The van der Waals surface area contributed by atoms with Crippen LogP contribution in [-0.4, -0.2) is 5.33 Å². The van der Waals surface area contributed by atoms with Gasteiger partial charge in [0.05, 0.1) is 0 Å². The number of hydrogen-bond acceptors (Lipinski definition) is 0. The summed E-state index contributed by atoms with van der Waals surface area (Å²) in [5.74, 6) is 6.27. The van der Waals surface area contributed by atoms with Crippen molar-refractivity contribution in [3.63, 3.8) is 0 Å². The number of halogens is 1. The fraction of sp³-hybridized carbons (Fsp3) is 0.429. The lowest BCUT2D eigenvalue weighted by Gasteiger charge is -1.99. The number of unbranched alkanes of at least 4 members (excludes halogenated alkanes) is 1. The summed E-state index contributed by atoms with van der Waals surface area (Å²) in [6.07, 6.45) is 4.63. The van der Waals surface area contributed by atoms with Crippen LogP contribution in [0.15, 0.2) is 24.3 Å². The van der Waals surface area contributed by atoms with Gasteiger partial charge in [0.25, 0.3) is 0 Å². The van der Waals surface area contributed by atoms with Crippen LogP contribution in [0.3, 0.4) is 0 Å². The number of rotatable bonds is 4. The molecule has 0 aliphatic rings. The van der Waals surface area contributed by atoms with Crippen molar-refractivity contribution in [3.8, 4) is 11.8 Å². The molecular formula is C14H17Br. The largest absolute Gasteiger partial charge is 0.0970 e. The first-order valence-corrected chi connectivity index (χ1v) is 6.62. The molecule has 0 fully saturated rings. The Kier molecular flexibility index (Phi) is 6.20. The maximum absolute atomic E-state index is 3.36. The third-order valence-corrected chi connectivity index (χ3v) is 2.62. The molecule has 15 heavy (non-hydrogen) atoms. The van der Waals surface area contributed by atoms with Crippen LogP contribution in [0.2, 0.25) is 0 Å². The van der Waals surface area contributed by atoms with Gasteiger partial charge in [0.1, 0.15) is 0 Å². The van der Waals surface area contributed by atoms with Crippen molar-refractivity contribution in [3.05, 3.63) is 35.4 Å². The van der Waals surface area contributed by atoms with Crippen LogP contribution in [-0.2, 0) is 6.42 Å². The molecule has 1 rings (SSSR count). The molecule has 0 N–H and O–H groups in total. The van der Waals surface area contributed by atoms with Crippen molar-refractivity contribution >= 4 is 15.9 Å². The highest BCUT2D eigenvalue weighted by Crippen LogP contribution is 2.07. The van der Waals surface area contributed by atoms with E-state index in [9.17, 15) is 0 Å². The van der Waals surface area contributed by atoms with Crippen molar-refractivity contribution < 1.29 is 0 Å². The predicted molar refractivity (Wildman–Crippen MR) is 70.3 cm³/mol. The van der Waals surface area contributed by atoms with Crippen LogP contribution in [0.25, 0.3) is 0 Å².